The molecule has 0 saturated carbocycles. The summed E-state index contributed by atoms with van der Waals surface area (Å²) in [5, 5.41) is 6.51. The maximum Gasteiger partial charge on any atom is 0.105 e. The molecule has 0 saturated heterocycles. The molecule has 4 heteroatoms. The molecule has 3 heterocycles. The highest BCUT2D eigenvalue weighted by Gasteiger charge is 2.28. The third-order valence-corrected chi connectivity index (χ3v) is 5.62. The van der Waals surface area contributed by atoms with Crippen LogP contribution in [0.4, 0.5) is 5.69 Å². The van der Waals surface area contributed by atoms with E-state index >= 15 is 0 Å². The fourth-order valence-corrected chi connectivity index (χ4v) is 4.12. The number of anilines is 1. The lowest BCUT2D eigenvalue weighted by molar-refractivity contribution is 0.734. The summed E-state index contributed by atoms with van der Waals surface area (Å²) in [6.07, 6.45) is 2.32. The van der Waals surface area contributed by atoms with E-state index in [1.54, 1.807) is 22.7 Å². The summed E-state index contributed by atoms with van der Waals surface area (Å²) < 4.78 is 0. The van der Waals surface area contributed by atoms with Gasteiger partial charge >= 0.3 is 0 Å². The van der Waals surface area contributed by atoms with Crippen LogP contribution in [0.25, 0.3) is 5.70 Å². The minimum atomic E-state index is 0.236. The van der Waals surface area contributed by atoms with Gasteiger partial charge in [0, 0.05) is 4.88 Å². The largest absolute Gasteiger partial charge is 0.296 e. The first-order valence-electron chi connectivity index (χ1n) is 7.23. The second-order valence-corrected chi connectivity index (χ2v) is 7.26. The first-order chi connectivity index (χ1) is 10.8. The van der Waals surface area contributed by atoms with Crippen LogP contribution in [0.1, 0.15) is 21.4 Å². The molecular formula is C18H16N2S2. The van der Waals surface area contributed by atoms with Crippen molar-refractivity contribution in [2.45, 2.75) is 13.0 Å². The lowest BCUT2D eigenvalue weighted by atomic mass is 10.1. The highest BCUT2D eigenvalue weighted by molar-refractivity contribution is 7.11. The van der Waals surface area contributed by atoms with Crippen LogP contribution in [0.3, 0.4) is 0 Å². The number of rotatable bonds is 3. The lowest BCUT2D eigenvalue weighted by Gasteiger charge is -2.26. The summed E-state index contributed by atoms with van der Waals surface area (Å²) in [7, 11) is 0. The van der Waals surface area contributed by atoms with Gasteiger partial charge in [-0.2, -0.15) is 0 Å². The number of thiophene rings is 2. The quantitative estimate of drug-likeness (QED) is 0.710. The molecule has 22 heavy (non-hydrogen) atoms. The molecule has 1 atom stereocenters. The molecule has 3 aromatic rings. The molecule has 0 bridgehead atoms. The predicted molar refractivity (Wildman–Crippen MR) is 96.1 cm³/mol. The van der Waals surface area contributed by atoms with Crippen molar-refractivity contribution in [1.82, 2.24) is 5.43 Å². The Kier molecular flexibility index (Phi) is 3.48. The van der Waals surface area contributed by atoms with E-state index in [-0.39, 0.29) is 6.04 Å². The molecule has 0 fully saturated rings. The molecule has 2 nitrogen and oxygen atoms in total. The molecule has 1 aromatic carbocycles. The Morgan fingerprint density at radius 2 is 1.73 bits per heavy atom. The van der Waals surface area contributed by atoms with Gasteiger partial charge in [0.25, 0.3) is 0 Å². The number of hydrazine groups is 1. The van der Waals surface area contributed by atoms with E-state index in [0.29, 0.717) is 0 Å². The zero-order valence-electron chi connectivity index (χ0n) is 12.2. The Labute approximate surface area is 138 Å². The van der Waals surface area contributed by atoms with Crippen molar-refractivity contribution in [3.63, 3.8) is 0 Å². The van der Waals surface area contributed by atoms with Crippen molar-refractivity contribution < 1.29 is 0 Å². The Bertz CT molecular complexity index is 771. The highest BCUT2D eigenvalue weighted by atomic mass is 32.1. The smallest absolute Gasteiger partial charge is 0.105 e. The minimum Gasteiger partial charge on any atom is -0.296 e. The van der Waals surface area contributed by atoms with Crippen LogP contribution < -0.4 is 10.4 Å². The third kappa shape index (κ3) is 2.45. The van der Waals surface area contributed by atoms with Gasteiger partial charge in [0.15, 0.2) is 0 Å². The van der Waals surface area contributed by atoms with Crippen molar-refractivity contribution in [2.24, 2.45) is 0 Å². The van der Waals surface area contributed by atoms with Crippen LogP contribution in [0, 0.1) is 6.92 Å². The molecule has 4 rings (SSSR count). The summed E-state index contributed by atoms with van der Waals surface area (Å²) in [6, 6.07) is 17.5. The SMILES string of the molecule is Cc1ccc(N2NC(c3cccs3)=CC2c2cccs2)cc1. The molecule has 0 amide bonds. The van der Waals surface area contributed by atoms with E-state index in [1.807, 2.05) is 0 Å². The average Bonchev–Trinajstić information content (AvgIpc) is 3.27. The molecule has 2 aromatic heterocycles. The van der Waals surface area contributed by atoms with Gasteiger partial charge in [-0.05, 0) is 48.0 Å². The van der Waals surface area contributed by atoms with Crippen molar-refractivity contribution >= 4 is 34.1 Å². The molecule has 1 N–H and O–H groups in total. The van der Waals surface area contributed by atoms with Crippen molar-refractivity contribution in [2.75, 3.05) is 5.01 Å². The number of hydrogen-bond acceptors (Lipinski definition) is 4. The Morgan fingerprint density at radius 1 is 0.955 bits per heavy atom. The molecule has 0 aliphatic carbocycles. The summed E-state index contributed by atoms with van der Waals surface area (Å²) in [5.74, 6) is 0. The monoisotopic (exact) mass is 324 g/mol. The van der Waals surface area contributed by atoms with Crippen LogP contribution in [0.2, 0.25) is 0 Å². The van der Waals surface area contributed by atoms with Crippen LogP contribution in [-0.4, -0.2) is 0 Å². The van der Waals surface area contributed by atoms with Crippen LogP contribution in [0.15, 0.2) is 65.4 Å². The van der Waals surface area contributed by atoms with E-state index in [1.165, 1.54) is 26.7 Å². The number of benzene rings is 1. The summed E-state index contributed by atoms with van der Waals surface area (Å²) in [5.41, 5.74) is 7.23. The zero-order chi connectivity index (χ0) is 14.9. The van der Waals surface area contributed by atoms with Gasteiger partial charge in [0.2, 0.25) is 0 Å². The number of nitrogens with one attached hydrogen (secondary N) is 1. The van der Waals surface area contributed by atoms with Gasteiger partial charge in [-0.3, -0.25) is 10.4 Å². The second-order valence-electron chi connectivity index (χ2n) is 5.34. The third-order valence-electron chi connectivity index (χ3n) is 3.78. The second kappa shape index (κ2) is 5.63. The molecule has 1 unspecified atom stereocenters. The number of nitrogens with zero attached hydrogens (tertiary/aromatic N) is 1. The van der Waals surface area contributed by atoms with Crippen LogP contribution in [0.5, 0.6) is 0 Å². The van der Waals surface area contributed by atoms with Gasteiger partial charge in [0.1, 0.15) is 6.04 Å². The van der Waals surface area contributed by atoms with Crippen molar-refractivity contribution in [3.05, 3.63) is 80.7 Å². The maximum atomic E-state index is 3.58. The molecule has 0 radical (unpaired) electrons. The molecule has 0 spiro atoms. The van der Waals surface area contributed by atoms with Crippen LogP contribution >= 0.6 is 22.7 Å². The first kappa shape index (κ1) is 13.6. The summed E-state index contributed by atoms with van der Waals surface area (Å²) in [6.45, 7) is 2.12. The van der Waals surface area contributed by atoms with E-state index in [0.717, 1.165) is 0 Å². The topological polar surface area (TPSA) is 15.3 Å². The first-order valence-corrected chi connectivity index (χ1v) is 8.99. The Morgan fingerprint density at radius 3 is 2.41 bits per heavy atom. The van der Waals surface area contributed by atoms with E-state index in [4.69, 9.17) is 0 Å². The fourth-order valence-electron chi connectivity index (χ4n) is 2.64. The fraction of sp³-hybridized carbons (Fsp3) is 0.111. The maximum absolute atomic E-state index is 3.58. The minimum absolute atomic E-state index is 0.236. The predicted octanol–water partition coefficient (Wildman–Crippen LogP) is 5.23. The van der Waals surface area contributed by atoms with Gasteiger partial charge in [-0.1, -0.05) is 29.8 Å². The molecule has 1 aliphatic rings. The standard InChI is InChI=1S/C18H16N2S2/c1-13-6-8-14(9-7-13)20-16(18-5-3-11-22-18)12-15(19-20)17-4-2-10-21-17/h2-12,16,19H,1H3. The average molecular weight is 324 g/mol. The zero-order valence-corrected chi connectivity index (χ0v) is 13.8. The highest BCUT2D eigenvalue weighted by Crippen LogP contribution is 2.37. The summed E-state index contributed by atoms with van der Waals surface area (Å²) in [4.78, 5) is 2.62. The van der Waals surface area contributed by atoms with Gasteiger partial charge in [0.05, 0.1) is 16.3 Å². The lowest BCUT2D eigenvalue weighted by Crippen LogP contribution is -2.33. The van der Waals surface area contributed by atoms with E-state index in [9.17, 15) is 0 Å². The molecule has 1 aliphatic heterocycles. The van der Waals surface area contributed by atoms with Crippen molar-refractivity contribution in [3.8, 4) is 0 Å². The van der Waals surface area contributed by atoms with Gasteiger partial charge in [-0.15, -0.1) is 22.7 Å². The van der Waals surface area contributed by atoms with E-state index < -0.39 is 0 Å². The normalized spacial score (nSPS) is 17.4. The van der Waals surface area contributed by atoms with Gasteiger partial charge < -0.3 is 0 Å². The Hall–Kier alpha value is -2.04. The van der Waals surface area contributed by atoms with Crippen molar-refractivity contribution in [1.29, 1.82) is 0 Å². The molecule has 110 valence electrons. The van der Waals surface area contributed by atoms with Crippen LogP contribution in [-0.2, 0) is 0 Å². The summed E-state index contributed by atoms with van der Waals surface area (Å²) >= 11 is 3.56. The number of hydrogen-bond donors (Lipinski definition) is 1. The van der Waals surface area contributed by atoms with E-state index in [2.05, 4.69) is 82.7 Å². The Balaban J connectivity index is 1.73. The number of aryl methyl sites for hydroxylation is 1. The van der Waals surface area contributed by atoms with Gasteiger partial charge in [-0.25, -0.2) is 0 Å². The molecular weight excluding hydrogens is 308 g/mol.